The number of alkyl halides is 6. The summed E-state index contributed by atoms with van der Waals surface area (Å²) >= 11 is 0. The van der Waals surface area contributed by atoms with Gasteiger partial charge < -0.3 is 9.47 Å². The predicted molar refractivity (Wildman–Crippen MR) is 129 cm³/mol. The summed E-state index contributed by atoms with van der Waals surface area (Å²) in [7, 11) is 2.42. The smallest absolute Gasteiger partial charge is 0.416 e. The monoisotopic (exact) mass is 542 g/mol. The summed E-state index contributed by atoms with van der Waals surface area (Å²) in [4.78, 5) is 22.9. The van der Waals surface area contributed by atoms with E-state index in [1.807, 2.05) is 0 Å². The lowest BCUT2D eigenvalue weighted by molar-refractivity contribution is -0.139. The fourth-order valence-corrected chi connectivity index (χ4v) is 4.86. The minimum Gasteiger partial charge on any atom is -0.465 e. The average molecular weight is 543 g/mol. The number of hydrogen-bond acceptors (Lipinski definition) is 4. The summed E-state index contributed by atoms with van der Waals surface area (Å²) < 4.78 is 87.0. The Morgan fingerprint density at radius 1 is 0.763 bits per heavy atom. The summed E-state index contributed by atoms with van der Waals surface area (Å²) in [6, 6.07) is 6.86. The van der Waals surface area contributed by atoms with Crippen LogP contribution >= 0.6 is 0 Å². The third kappa shape index (κ3) is 6.96. The van der Waals surface area contributed by atoms with E-state index in [9.17, 15) is 35.9 Å². The van der Waals surface area contributed by atoms with Gasteiger partial charge in [-0.1, -0.05) is 18.9 Å². The molecule has 0 heterocycles. The van der Waals surface area contributed by atoms with E-state index in [0.717, 1.165) is 56.7 Å². The van der Waals surface area contributed by atoms with Crippen LogP contribution in [-0.4, -0.2) is 26.2 Å². The maximum absolute atomic E-state index is 13.0. The molecule has 2 aromatic rings. The van der Waals surface area contributed by atoms with Crippen molar-refractivity contribution >= 4 is 17.5 Å². The van der Waals surface area contributed by atoms with E-state index in [2.05, 4.69) is 9.47 Å². The lowest BCUT2D eigenvalue weighted by atomic mass is 9.91. The second-order valence-corrected chi connectivity index (χ2v) is 9.14. The molecule has 0 aromatic heterocycles. The molecule has 2 aromatic carbocycles. The van der Waals surface area contributed by atoms with Crippen molar-refractivity contribution < 1.29 is 45.4 Å². The van der Waals surface area contributed by atoms with Crippen LogP contribution in [0.2, 0.25) is 0 Å². The minimum atomic E-state index is -4.42. The molecule has 1 saturated carbocycles. The topological polar surface area (TPSA) is 52.6 Å². The van der Waals surface area contributed by atoms with Gasteiger partial charge in [0.15, 0.2) is 0 Å². The first kappa shape index (κ1) is 29.3. The first-order valence-electron chi connectivity index (χ1n) is 12.1. The van der Waals surface area contributed by atoms with Crippen LogP contribution in [0.1, 0.15) is 93.8 Å². The SMILES string of the molecule is COC(=O)c1ccc(C(F)(F)F)c(C2=CCCC2)c1.COC(=O)c1ccc(C(F)(F)F)c(C2CCCC2)c1. The van der Waals surface area contributed by atoms with Crippen molar-refractivity contribution in [3.8, 4) is 0 Å². The average Bonchev–Trinajstić information content (AvgIpc) is 3.61. The number of allylic oxidation sites excluding steroid dienone is 2. The number of carbonyl (C=O) groups is 2. The maximum atomic E-state index is 13.0. The number of halogens is 6. The van der Waals surface area contributed by atoms with Crippen molar-refractivity contribution in [2.45, 2.75) is 63.2 Å². The summed E-state index contributed by atoms with van der Waals surface area (Å²) in [6.45, 7) is 0. The lowest BCUT2D eigenvalue weighted by Gasteiger charge is -2.18. The molecule has 0 radical (unpaired) electrons. The van der Waals surface area contributed by atoms with Crippen LogP contribution in [0.25, 0.3) is 5.57 Å². The van der Waals surface area contributed by atoms with Crippen LogP contribution < -0.4 is 0 Å². The molecule has 4 rings (SSSR count). The minimum absolute atomic E-state index is 0.0906. The third-order valence-corrected chi connectivity index (χ3v) is 6.71. The fraction of sp³-hybridized carbons (Fsp3) is 0.429. The van der Waals surface area contributed by atoms with E-state index in [1.54, 1.807) is 6.08 Å². The normalized spacial score (nSPS) is 15.9. The quantitative estimate of drug-likeness (QED) is 0.289. The molecule has 4 nitrogen and oxygen atoms in total. The zero-order chi connectivity index (χ0) is 28.1. The highest BCUT2D eigenvalue weighted by molar-refractivity contribution is 5.91. The van der Waals surface area contributed by atoms with E-state index in [-0.39, 0.29) is 28.2 Å². The molecule has 2 aliphatic rings. The summed E-state index contributed by atoms with van der Waals surface area (Å²) in [5, 5.41) is 0. The van der Waals surface area contributed by atoms with E-state index >= 15 is 0 Å². The molecule has 0 amide bonds. The van der Waals surface area contributed by atoms with Crippen molar-refractivity contribution in [3.63, 3.8) is 0 Å². The van der Waals surface area contributed by atoms with Gasteiger partial charge in [-0.25, -0.2) is 9.59 Å². The Balaban J connectivity index is 0.000000211. The Labute approximate surface area is 216 Å². The number of methoxy groups -OCH3 is 2. The van der Waals surface area contributed by atoms with Crippen LogP contribution in [0.3, 0.4) is 0 Å². The summed E-state index contributed by atoms with van der Waals surface area (Å²) in [5.74, 6) is -1.34. The Bertz CT molecular complexity index is 1190. The Kier molecular flexibility index (Phi) is 9.27. The summed E-state index contributed by atoms with van der Waals surface area (Å²) in [5.41, 5.74) is -0.0464. The standard InChI is InChI=1S/C14H15F3O2.C14H13F3O2/c2*1-19-13(18)10-6-7-12(14(15,16)17)11(8-10)9-4-2-3-5-9/h6-9H,2-5H2,1H3;4,6-8H,2-3,5H2,1H3. The molecule has 0 unspecified atom stereocenters. The van der Waals surface area contributed by atoms with E-state index in [0.29, 0.717) is 12.0 Å². The Hall–Kier alpha value is -3.30. The first-order valence-corrected chi connectivity index (χ1v) is 12.1. The largest absolute Gasteiger partial charge is 0.465 e. The molecule has 0 aliphatic heterocycles. The fourth-order valence-electron chi connectivity index (χ4n) is 4.86. The van der Waals surface area contributed by atoms with E-state index in [1.165, 1.54) is 32.4 Å². The molecule has 2 aliphatic carbocycles. The van der Waals surface area contributed by atoms with Crippen molar-refractivity contribution in [1.82, 2.24) is 0 Å². The highest BCUT2D eigenvalue weighted by Gasteiger charge is 2.37. The van der Waals surface area contributed by atoms with Gasteiger partial charge >= 0.3 is 24.3 Å². The molecule has 0 atom stereocenters. The molecule has 0 N–H and O–H groups in total. The van der Waals surface area contributed by atoms with Gasteiger partial charge in [0.2, 0.25) is 0 Å². The van der Waals surface area contributed by atoms with Crippen LogP contribution in [-0.2, 0) is 21.8 Å². The highest BCUT2D eigenvalue weighted by Crippen LogP contribution is 2.42. The number of hydrogen-bond donors (Lipinski definition) is 0. The van der Waals surface area contributed by atoms with Gasteiger partial charge in [0, 0.05) is 0 Å². The van der Waals surface area contributed by atoms with Gasteiger partial charge in [-0.15, -0.1) is 0 Å². The maximum Gasteiger partial charge on any atom is 0.416 e. The van der Waals surface area contributed by atoms with E-state index < -0.39 is 35.4 Å². The van der Waals surface area contributed by atoms with Gasteiger partial charge in [0.25, 0.3) is 0 Å². The van der Waals surface area contributed by atoms with Crippen LogP contribution in [0.5, 0.6) is 0 Å². The van der Waals surface area contributed by atoms with Crippen LogP contribution in [0, 0.1) is 0 Å². The highest BCUT2D eigenvalue weighted by atomic mass is 19.4. The number of ether oxygens (including phenoxy) is 2. The zero-order valence-electron chi connectivity index (χ0n) is 21.0. The first-order chi connectivity index (χ1) is 17.9. The molecule has 206 valence electrons. The molecule has 1 fully saturated rings. The predicted octanol–water partition coefficient (Wildman–Crippen LogP) is 8.21. The number of rotatable bonds is 4. The van der Waals surface area contributed by atoms with Gasteiger partial charge in [-0.2, -0.15) is 26.3 Å². The zero-order valence-corrected chi connectivity index (χ0v) is 21.0. The molecule has 0 saturated heterocycles. The van der Waals surface area contributed by atoms with E-state index in [4.69, 9.17) is 0 Å². The van der Waals surface area contributed by atoms with Crippen LogP contribution in [0.15, 0.2) is 42.5 Å². The van der Waals surface area contributed by atoms with Gasteiger partial charge in [-0.05, 0) is 91.1 Å². The molecular formula is C28H28F6O4. The molecule has 38 heavy (non-hydrogen) atoms. The third-order valence-electron chi connectivity index (χ3n) is 6.71. The van der Waals surface area contributed by atoms with Gasteiger partial charge in [-0.3, -0.25) is 0 Å². The Morgan fingerprint density at radius 2 is 1.29 bits per heavy atom. The summed E-state index contributed by atoms with van der Waals surface area (Å²) in [6.07, 6.45) is -1.43. The lowest BCUT2D eigenvalue weighted by Crippen LogP contribution is -2.13. The Morgan fingerprint density at radius 3 is 1.76 bits per heavy atom. The second-order valence-electron chi connectivity index (χ2n) is 9.14. The molecule has 10 heteroatoms. The van der Waals surface area contributed by atoms with Crippen molar-refractivity contribution in [2.24, 2.45) is 0 Å². The number of esters is 2. The number of carbonyl (C=O) groups excluding carboxylic acids is 2. The number of benzene rings is 2. The molecule has 0 bridgehead atoms. The van der Waals surface area contributed by atoms with Crippen molar-refractivity contribution in [2.75, 3.05) is 14.2 Å². The van der Waals surface area contributed by atoms with Gasteiger partial charge in [0.05, 0.1) is 36.5 Å². The molecular weight excluding hydrogens is 514 g/mol. The molecule has 0 spiro atoms. The second kappa shape index (κ2) is 12.0. The van der Waals surface area contributed by atoms with Crippen molar-refractivity contribution in [1.29, 1.82) is 0 Å². The van der Waals surface area contributed by atoms with Crippen molar-refractivity contribution in [3.05, 3.63) is 75.9 Å². The van der Waals surface area contributed by atoms with Gasteiger partial charge in [0.1, 0.15) is 0 Å². The van der Waals surface area contributed by atoms with Crippen LogP contribution in [0.4, 0.5) is 26.3 Å².